The number of hydrogen-bond acceptors (Lipinski definition) is 5. The summed E-state index contributed by atoms with van der Waals surface area (Å²) in [5, 5.41) is 7.82. The van der Waals surface area contributed by atoms with Gasteiger partial charge in [0.1, 0.15) is 4.91 Å². The van der Waals surface area contributed by atoms with E-state index in [0.29, 0.717) is 0 Å². The minimum atomic E-state index is -6.58. The highest BCUT2D eigenvalue weighted by atomic mass is 32.2. The summed E-state index contributed by atoms with van der Waals surface area (Å²) in [6.45, 7) is 15.0. The quantitative estimate of drug-likeness (QED) is 0.157. The molecule has 0 aliphatic heterocycles. The fourth-order valence-electron chi connectivity index (χ4n) is 5.40. The fourth-order valence-corrected chi connectivity index (χ4v) is 7.86. The number of quaternary nitrogens is 1. The molecule has 0 unspecified atom stereocenters. The van der Waals surface area contributed by atoms with Crippen molar-refractivity contribution in [3.8, 4) is 0 Å². The van der Waals surface area contributed by atoms with Crippen LogP contribution in [0.1, 0.15) is 90.2 Å². The average Bonchev–Trinajstić information content (AvgIpc) is 3.34. The monoisotopic (exact) mass is 685 g/mol. The lowest BCUT2D eigenvalue weighted by Crippen LogP contribution is -2.50. The lowest BCUT2D eigenvalue weighted by molar-refractivity contribution is -0.929. The number of nitrogens with zero attached hydrogens (tertiary/aromatic N) is 1. The Kier molecular flexibility index (Phi) is 13.3. The molecule has 2 aliphatic rings. The van der Waals surface area contributed by atoms with Crippen molar-refractivity contribution in [2.75, 3.05) is 26.2 Å². The third-order valence-corrected chi connectivity index (χ3v) is 11.2. The van der Waals surface area contributed by atoms with Crippen molar-refractivity contribution < 1.29 is 47.7 Å². The second kappa shape index (κ2) is 15.4. The molecule has 0 bridgehead atoms. The first-order chi connectivity index (χ1) is 20.8. The van der Waals surface area contributed by atoms with Gasteiger partial charge in [-0.15, -0.1) is 0 Å². The fraction of sp³-hybridized carbons (Fsp3) is 0.581. The number of halogens is 6. The highest BCUT2D eigenvalue weighted by Crippen LogP contribution is 2.47. The molecule has 3 rings (SSSR count). The highest BCUT2D eigenvalue weighted by Gasteiger charge is 2.57. The maximum atomic E-state index is 13.0. The first-order valence-electron chi connectivity index (χ1n) is 15.2. The van der Waals surface area contributed by atoms with Gasteiger partial charge in [0.05, 0.1) is 36.8 Å². The van der Waals surface area contributed by atoms with Crippen LogP contribution in [0.15, 0.2) is 45.7 Å². The van der Waals surface area contributed by atoms with Crippen molar-refractivity contribution in [3.05, 3.63) is 56.9 Å². The van der Waals surface area contributed by atoms with E-state index < -0.39 is 51.8 Å². The van der Waals surface area contributed by atoms with Crippen LogP contribution < -0.4 is 0 Å². The zero-order valence-electron chi connectivity index (χ0n) is 26.1. The second-order valence-corrected chi connectivity index (χ2v) is 15.1. The van der Waals surface area contributed by atoms with Gasteiger partial charge >= 0.3 is 11.0 Å². The molecule has 0 radical (unpaired) electrons. The highest BCUT2D eigenvalue weighted by molar-refractivity contribution is 8.00. The second-order valence-electron chi connectivity index (χ2n) is 11.3. The molecule has 0 heterocycles. The standard InChI is InChI=1S/C16H36N.C15H7F6NO4S2/c1-5-9-13-17(14-10-6-2,15-11-7-3)16-12-8-4;16-14(17,18)27(23,24)11-6-9-8-4-2-1-3-7(8)5-10(9)12(22)13(11)28(25,26)15(19,20)21/h5-16H2,1-4H3;1-6,22H/q+1;. The van der Waals surface area contributed by atoms with E-state index in [-0.39, 0.29) is 22.8 Å². The summed E-state index contributed by atoms with van der Waals surface area (Å²) in [7, 11) is -13.1. The Hall–Kier alpha value is -2.45. The molecule has 0 spiro atoms. The third kappa shape index (κ3) is 8.68. The van der Waals surface area contributed by atoms with Gasteiger partial charge in [-0.25, -0.2) is 16.8 Å². The van der Waals surface area contributed by atoms with Crippen molar-refractivity contribution in [3.63, 3.8) is 0 Å². The van der Waals surface area contributed by atoms with Gasteiger partial charge in [0, 0.05) is 5.57 Å². The van der Waals surface area contributed by atoms with Crippen LogP contribution in [0.25, 0.3) is 11.6 Å². The Labute approximate surface area is 262 Å². The summed E-state index contributed by atoms with van der Waals surface area (Å²) in [4.78, 5) is -4.38. The van der Waals surface area contributed by atoms with Crippen LogP contribution in [0.3, 0.4) is 0 Å². The van der Waals surface area contributed by atoms with E-state index in [1.54, 1.807) is 0 Å². The Morgan fingerprint density at radius 2 is 1.07 bits per heavy atom. The number of alkyl halides is 6. The van der Waals surface area contributed by atoms with Crippen LogP contribution in [-0.4, -0.2) is 64.2 Å². The Morgan fingerprint density at radius 1 is 0.644 bits per heavy atom. The van der Waals surface area contributed by atoms with E-state index in [4.69, 9.17) is 5.41 Å². The molecule has 0 saturated heterocycles. The van der Waals surface area contributed by atoms with E-state index in [1.807, 2.05) is 0 Å². The molecule has 254 valence electrons. The summed E-state index contributed by atoms with van der Waals surface area (Å²) in [5.41, 5.74) is -13.9. The van der Waals surface area contributed by atoms with Crippen LogP contribution in [0.2, 0.25) is 0 Å². The minimum Gasteiger partial charge on any atom is -0.324 e. The molecule has 1 N–H and O–H groups in total. The van der Waals surface area contributed by atoms with Crippen molar-refractivity contribution in [2.45, 2.75) is 90.1 Å². The van der Waals surface area contributed by atoms with E-state index in [9.17, 15) is 43.2 Å². The van der Waals surface area contributed by atoms with Gasteiger partial charge in [0.2, 0.25) is 0 Å². The number of unbranched alkanes of at least 4 members (excludes halogenated alkanes) is 4. The molecule has 14 heteroatoms. The summed E-state index contributed by atoms with van der Waals surface area (Å²) < 4.78 is 127. The molecule has 45 heavy (non-hydrogen) atoms. The zero-order chi connectivity index (χ0) is 34.3. The topological polar surface area (TPSA) is 92.1 Å². The molecule has 0 amide bonds. The molecular formula is C31H43F6N2O4S2+. The van der Waals surface area contributed by atoms with Gasteiger partial charge in [-0.2, -0.15) is 26.3 Å². The van der Waals surface area contributed by atoms with Gasteiger partial charge in [-0.3, -0.25) is 5.41 Å². The van der Waals surface area contributed by atoms with Gasteiger partial charge in [0.15, 0.2) is 0 Å². The summed E-state index contributed by atoms with van der Waals surface area (Å²) in [6.07, 6.45) is 12.4. The largest absolute Gasteiger partial charge is 0.502 e. The lowest BCUT2D eigenvalue weighted by Gasteiger charge is -2.39. The normalized spacial score (nSPS) is 15.6. The van der Waals surface area contributed by atoms with E-state index in [0.717, 1.165) is 6.08 Å². The van der Waals surface area contributed by atoms with Gasteiger partial charge in [0.25, 0.3) is 19.7 Å². The number of nitrogens with one attached hydrogen (secondary N) is 1. The van der Waals surface area contributed by atoms with Crippen LogP contribution in [0.5, 0.6) is 0 Å². The molecule has 0 saturated carbocycles. The number of fused-ring (bicyclic) bond motifs is 3. The van der Waals surface area contributed by atoms with Crippen LogP contribution in [-0.2, 0) is 19.7 Å². The van der Waals surface area contributed by atoms with Crippen molar-refractivity contribution in [1.29, 1.82) is 5.41 Å². The number of sulfone groups is 2. The predicted molar refractivity (Wildman–Crippen MR) is 166 cm³/mol. The Bertz CT molecular complexity index is 1490. The van der Waals surface area contributed by atoms with Gasteiger partial charge in [-0.05, 0) is 54.5 Å². The molecule has 0 fully saturated rings. The maximum absolute atomic E-state index is 13.0. The number of benzene rings is 1. The minimum absolute atomic E-state index is 0.153. The zero-order valence-corrected chi connectivity index (χ0v) is 27.7. The lowest BCUT2D eigenvalue weighted by atomic mass is 9.95. The number of hydrogen-bond donors (Lipinski definition) is 1. The molecule has 1 aromatic carbocycles. The molecule has 0 aromatic heterocycles. The summed E-state index contributed by atoms with van der Waals surface area (Å²) in [5.74, 6) is 0. The Balaban J connectivity index is 0.000000358. The van der Waals surface area contributed by atoms with E-state index in [1.165, 1.54) is 106 Å². The van der Waals surface area contributed by atoms with Crippen molar-refractivity contribution in [1.82, 2.24) is 0 Å². The van der Waals surface area contributed by atoms with Crippen molar-refractivity contribution >= 4 is 37.0 Å². The molecular weight excluding hydrogens is 642 g/mol. The van der Waals surface area contributed by atoms with Gasteiger partial charge < -0.3 is 4.48 Å². The number of allylic oxidation sites excluding steroid dienone is 4. The van der Waals surface area contributed by atoms with Crippen LogP contribution >= 0.6 is 0 Å². The van der Waals surface area contributed by atoms with E-state index in [2.05, 4.69) is 27.7 Å². The Morgan fingerprint density at radius 3 is 1.47 bits per heavy atom. The third-order valence-electron chi connectivity index (χ3n) is 7.95. The van der Waals surface area contributed by atoms with E-state index >= 15 is 0 Å². The summed E-state index contributed by atoms with van der Waals surface area (Å²) in [6, 6.07) is 5.69. The van der Waals surface area contributed by atoms with Crippen LogP contribution in [0, 0.1) is 5.41 Å². The molecule has 1 aromatic rings. The average molecular weight is 686 g/mol. The van der Waals surface area contributed by atoms with Crippen molar-refractivity contribution in [2.24, 2.45) is 0 Å². The molecule has 2 aliphatic carbocycles. The SMILES string of the molecule is CCCC[N+](CCCC)(CCCC)CCCC.N=C1C2=Cc3ccccc3C2=CC(S(=O)(=O)C(F)(F)F)=C1S(=O)(=O)C(F)(F)F. The molecule has 6 nitrogen and oxygen atoms in total. The van der Waals surface area contributed by atoms with Gasteiger partial charge in [-0.1, -0.05) is 77.6 Å². The van der Waals surface area contributed by atoms with Crippen LogP contribution in [0.4, 0.5) is 26.3 Å². The number of rotatable bonds is 14. The first-order valence-corrected chi connectivity index (χ1v) is 18.2. The predicted octanol–water partition coefficient (Wildman–Crippen LogP) is 8.58. The first kappa shape index (κ1) is 38.7. The maximum Gasteiger partial charge on any atom is 0.502 e. The smallest absolute Gasteiger partial charge is 0.324 e. The molecule has 0 atom stereocenters. The summed E-state index contributed by atoms with van der Waals surface area (Å²) >= 11 is 0.